The molecule has 4 aromatic rings. The zero-order chi connectivity index (χ0) is 23.7. The standard InChI is InChI=1S/C26H23ClO6/c1-14-18-12-19(15-6-8-17(27)9-7-15)20(29-2)13-21(18)33-25(14)24(28)16-10-22(30-3)26(32-5)23(11-16)31-4/h6-13H,1-5H3. The molecule has 0 amide bonds. The smallest absolute Gasteiger partial charge is 0.228 e. The molecule has 170 valence electrons. The summed E-state index contributed by atoms with van der Waals surface area (Å²) in [6, 6.07) is 14.4. The van der Waals surface area contributed by atoms with Gasteiger partial charge in [0.25, 0.3) is 0 Å². The average molecular weight is 467 g/mol. The Hall–Kier alpha value is -3.64. The van der Waals surface area contributed by atoms with Crippen molar-refractivity contribution in [2.45, 2.75) is 6.92 Å². The Morgan fingerprint density at radius 1 is 0.818 bits per heavy atom. The van der Waals surface area contributed by atoms with Crippen molar-refractivity contribution in [2.24, 2.45) is 0 Å². The van der Waals surface area contributed by atoms with Gasteiger partial charge in [0.1, 0.15) is 11.3 Å². The van der Waals surface area contributed by atoms with Crippen molar-refractivity contribution >= 4 is 28.4 Å². The fourth-order valence-corrected chi connectivity index (χ4v) is 3.96. The van der Waals surface area contributed by atoms with Crippen molar-refractivity contribution < 1.29 is 28.2 Å². The van der Waals surface area contributed by atoms with Crippen LogP contribution in [0, 0.1) is 6.92 Å². The topological polar surface area (TPSA) is 67.1 Å². The lowest BCUT2D eigenvalue weighted by Gasteiger charge is -2.13. The Balaban J connectivity index is 1.85. The molecule has 0 radical (unpaired) electrons. The van der Waals surface area contributed by atoms with Gasteiger partial charge in [-0.3, -0.25) is 4.79 Å². The Bertz CT molecular complexity index is 1310. The van der Waals surface area contributed by atoms with E-state index in [0.717, 1.165) is 22.1 Å². The summed E-state index contributed by atoms with van der Waals surface area (Å²) in [4.78, 5) is 13.4. The van der Waals surface area contributed by atoms with Gasteiger partial charge < -0.3 is 23.4 Å². The maximum atomic E-state index is 13.4. The molecule has 1 heterocycles. The summed E-state index contributed by atoms with van der Waals surface area (Å²) in [5.74, 6) is 1.76. The van der Waals surface area contributed by atoms with Gasteiger partial charge in [0.15, 0.2) is 17.3 Å². The van der Waals surface area contributed by atoms with Crippen LogP contribution < -0.4 is 18.9 Å². The molecule has 33 heavy (non-hydrogen) atoms. The normalized spacial score (nSPS) is 10.8. The fraction of sp³-hybridized carbons (Fsp3) is 0.192. The number of rotatable bonds is 7. The number of carbonyl (C=O) groups is 1. The van der Waals surface area contributed by atoms with Crippen LogP contribution in [-0.2, 0) is 0 Å². The van der Waals surface area contributed by atoms with E-state index >= 15 is 0 Å². The van der Waals surface area contributed by atoms with Crippen molar-refractivity contribution in [2.75, 3.05) is 28.4 Å². The molecular formula is C26H23ClO6. The van der Waals surface area contributed by atoms with Crippen LogP contribution in [0.15, 0.2) is 52.9 Å². The minimum absolute atomic E-state index is 0.231. The van der Waals surface area contributed by atoms with Gasteiger partial charge in [-0.15, -0.1) is 0 Å². The number of ether oxygens (including phenoxy) is 4. The van der Waals surface area contributed by atoms with Crippen LogP contribution in [0.25, 0.3) is 22.1 Å². The van der Waals surface area contributed by atoms with Crippen molar-refractivity contribution in [1.29, 1.82) is 0 Å². The zero-order valence-electron chi connectivity index (χ0n) is 18.9. The van der Waals surface area contributed by atoms with Crippen molar-refractivity contribution in [3.05, 3.63) is 70.4 Å². The Morgan fingerprint density at radius 2 is 1.42 bits per heavy atom. The highest BCUT2D eigenvalue weighted by Crippen LogP contribution is 2.41. The van der Waals surface area contributed by atoms with E-state index in [1.54, 1.807) is 25.3 Å². The summed E-state index contributed by atoms with van der Waals surface area (Å²) < 4.78 is 27.7. The summed E-state index contributed by atoms with van der Waals surface area (Å²) in [6.45, 7) is 1.86. The molecule has 0 saturated heterocycles. The van der Waals surface area contributed by atoms with Crippen LogP contribution in [0.3, 0.4) is 0 Å². The number of furan rings is 1. The minimum Gasteiger partial charge on any atom is -0.496 e. The summed E-state index contributed by atoms with van der Waals surface area (Å²) in [7, 11) is 6.11. The number of methoxy groups -OCH3 is 4. The lowest BCUT2D eigenvalue weighted by molar-refractivity contribution is 0.101. The first kappa shape index (κ1) is 22.6. The highest BCUT2D eigenvalue weighted by atomic mass is 35.5. The highest BCUT2D eigenvalue weighted by molar-refractivity contribution is 6.30. The van der Waals surface area contributed by atoms with Gasteiger partial charge in [0.05, 0.1) is 28.4 Å². The molecule has 0 aliphatic rings. The van der Waals surface area contributed by atoms with Crippen LogP contribution in [-0.4, -0.2) is 34.2 Å². The molecule has 1 aromatic heterocycles. The molecule has 0 N–H and O–H groups in total. The van der Waals surface area contributed by atoms with E-state index in [9.17, 15) is 4.79 Å². The molecule has 0 aliphatic heterocycles. The molecule has 0 aliphatic carbocycles. The molecule has 0 spiro atoms. The maximum absolute atomic E-state index is 13.4. The number of hydrogen-bond acceptors (Lipinski definition) is 6. The van der Waals surface area contributed by atoms with Gasteiger partial charge in [0.2, 0.25) is 11.5 Å². The molecular weight excluding hydrogens is 444 g/mol. The summed E-state index contributed by atoms with van der Waals surface area (Å²) >= 11 is 6.04. The lowest BCUT2D eigenvalue weighted by Crippen LogP contribution is -2.04. The predicted octanol–water partition coefficient (Wildman–Crippen LogP) is 6.33. The van der Waals surface area contributed by atoms with Crippen molar-refractivity contribution in [3.8, 4) is 34.1 Å². The Morgan fingerprint density at radius 3 is 1.97 bits per heavy atom. The third-order valence-electron chi connectivity index (χ3n) is 5.55. The van der Waals surface area contributed by atoms with E-state index in [-0.39, 0.29) is 11.5 Å². The minimum atomic E-state index is -0.296. The molecule has 7 heteroatoms. The molecule has 0 fully saturated rings. The van der Waals surface area contributed by atoms with Gasteiger partial charge in [-0.25, -0.2) is 0 Å². The van der Waals surface area contributed by atoms with Gasteiger partial charge >= 0.3 is 0 Å². The van der Waals surface area contributed by atoms with Crippen molar-refractivity contribution in [3.63, 3.8) is 0 Å². The summed E-state index contributed by atoms with van der Waals surface area (Å²) in [6.07, 6.45) is 0. The van der Waals surface area contributed by atoms with Crippen LogP contribution in [0.2, 0.25) is 5.02 Å². The number of halogens is 1. The Kier molecular flexibility index (Phi) is 6.20. The van der Waals surface area contributed by atoms with Gasteiger partial charge in [0, 0.05) is 33.2 Å². The summed E-state index contributed by atoms with van der Waals surface area (Å²) in [5, 5.41) is 1.47. The molecule has 3 aromatic carbocycles. The molecule has 0 bridgehead atoms. The van der Waals surface area contributed by atoms with Crippen LogP contribution in [0.4, 0.5) is 0 Å². The second-order valence-electron chi connectivity index (χ2n) is 7.35. The van der Waals surface area contributed by atoms with E-state index < -0.39 is 0 Å². The van der Waals surface area contributed by atoms with Crippen LogP contribution >= 0.6 is 11.6 Å². The number of benzene rings is 3. The first-order valence-corrected chi connectivity index (χ1v) is 10.5. The maximum Gasteiger partial charge on any atom is 0.228 e. The SMILES string of the molecule is COc1cc2oc(C(=O)c3cc(OC)c(OC)c(OC)c3)c(C)c2cc1-c1ccc(Cl)cc1. The second kappa shape index (κ2) is 9.08. The first-order chi connectivity index (χ1) is 15.9. The van der Waals surface area contributed by atoms with E-state index in [1.807, 2.05) is 37.3 Å². The third-order valence-corrected chi connectivity index (χ3v) is 5.80. The van der Waals surface area contributed by atoms with E-state index in [1.165, 1.54) is 21.3 Å². The number of ketones is 1. The van der Waals surface area contributed by atoms with Crippen LogP contribution in [0.1, 0.15) is 21.7 Å². The van der Waals surface area contributed by atoms with E-state index in [4.69, 9.17) is 35.0 Å². The Labute approximate surface area is 196 Å². The molecule has 0 atom stereocenters. The van der Waals surface area contributed by atoms with Crippen molar-refractivity contribution in [1.82, 2.24) is 0 Å². The quantitative estimate of drug-likeness (QED) is 0.296. The predicted molar refractivity (Wildman–Crippen MR) is 127 cm³/mol. The highest BCUT2D eigenvalue weighted by Gasteiger charge is 2.24. The molecule has 4 rings (SSSR count). The second-order valence-corrected chi connectivity index (χ2v) is 7.79. The largest absolute Gasteiger partial charge is 0.496 e. The number of hydrogen-bond donors (Lipinski definition) is 0. The van der Waals surface area contributed by atoms with E-state index in [2.05, 4.69) is 0 Å². The van der Waals surface area contributed by atoms with E-state index in [0.29, 0.717) is 39.2 Å². The number of aryl methyl sites for hydroxylation is 1. The summed E-state index contributed by atoms with van der Waals surface area (Å²) in [5.41, 5.74) is 3.45. The van der Waals surface area contributed by atoms with Crippen LogP contribution in [0.5, 0.6) is 23.0 Å². The molecule has 0 saturated carbocycles. The monoisotopic (exact) mass is 466 g/mol. The van der Waals surface area contributed by atoms with Gasteiger partial charge in [-0.05, 0) is 42.8 Å². The fourth-order valence-electron chi connectivity index (χ4n) is 3.83. The lowest BCUT2D eigenvalue weighted by atomic mass is 9.99. The van der Waals surface area contributed by atoms with Gasteiger partial charge in [-0.2, -0.15) is 0 Å². The number of fused-ring (bicyclic) bond motifs is 1. The molecule has 6 nitrogen and oxygen atoms in total. The number of carbonyl (C=O) groups excluding carboxylic acids is 1. The average Bonchev–Trinajstić information content (AvgIpc) is 3.17. The molecule has 0 unspecified atom stereocenters. The third kappa shape index (κ3) is 3.98. The first-order valence-electron chi connectivity index (χ1n) is 10.1. The van der Waals surface area contributed by atoms with Gasteiger partial charge in [-0.1, -0.05) is 23.7 Å². The zero-order valence-corrected chi connectivity index (χ0v) is 19.7.